The first-order valence-corrected chi connectivity index (χ1v) is 5.90. The third kappa shape index (κ3) is 3.56. The van der Waals surface area contributed by atoms with Gasteiger partial charge in [0.1, 0.15) is 18.2 Å². The van der Waals surface area contributed by atoms with Gasteiger partial charge in [0, 0.05) is 0 Å². The molecule has 3 nitrogen and oxygen atoms in total. The van der Waals surface area contributed by atoms with Crippen LogP contribution in [0.5, 0.6) is 5.75 Å². The average molecular weight is 260 g/mol. The predicted octanol–water partition coefficient (Wildman–Crippen LogP) is 1.39. The van der Waals surface area contributed by atoms with Crippen molar-refractivity contribution in [1.29, 1.82) is 0 Å². The lowest BCUT2D eigenvalue weighted by atomic mass is 9.77. The molecule has 2 rings (SSSR count). The summed E-state index contributed by atoms with van der Waals surface area (Å²) in [6.07, 6.45) is 0. The minimum absolute atomic E-state index is 0.262. The molecule has 0 aliphatic rings. The van der Waals surface area contributed by atoms with Crippen LogP contribution in [-0.4, -0.2) is 17.2 Å². The Hall–Kier alpha value is -1.85. The maximum atomic E-state index is 13.0. The average Bonchev–Trinajstić information content (AvgIpc) is 2.36. The third-order valence-corrected chi connectivity index (χ3v) is 2.81. The molecule has 0 heterocycles. The van der Waals surface area contributed by atoms with Gasteiger partial charge in [-0.2, -0.15) is 0 Å². The summed E-state index contributed by atoms with van der Waals surface area (Å²) >= 11 is 0. The highest BCUT2D eigenvalue weighted by molar-refractivity contribution is 6.59. The molecule has 0 aliphatic heterocycles. The molecule has 0 aromatic heterocycles. The lowest BCUT2D eigenvalue weighted by molar-refractivity contribution is 0.305. The molecular weight excluding hydrogens is 246 g/mol. The van der Waals surface area contributed by atoms with Gasteiger partial charge in [0.2, 0.25) is 0 Å². The molecule has 0 spiro atoms. The van der Waals surface area contributed by atoms with E-state index in [9.17, 15) is 4.39 Å². The summed E-state index contributed by atoms with van der Waals surface area (Å²) in [5.74, 6) is 0.308. The molecule has 0 fully saturated rings. The van der Waals surface area contributed by atoms with Gasteiger partial charge >= 0.3 is 7.12 Å². The Morgan fingerprint density at radius 1 is 1.16 bits per heavy atom. The van der Waals surface area contributed by atoms with Gasteiger partial charge in [-0.3, -0.25) is 0 Å². The Bertz CT molecular complexity index is 572. The van der Waals surface area contributed by atoms with E-state index in [-0.39, 0.29) is 12.4 Å². The van der Waals surface area contributed by atoms with E-state index in [4.69, 9.17) is 14.8 Å². The fourth-order valence-electron chi connectivity index (χ4n) is 1.82. The van der Waals surface area contributed by atoms with Crippen LogP contribution < -0.4 is 10.2 Å². The fraction of sp³-hybridized carbons (Fsp3) is 0.143. The van der Waals surface area contributed by atoms with Gasteiger partial charge in [-0.1, -0.05) is 18.2 Å². The van der Waals surface area contributed by atoms with Crippen molar-refractivity contribution in [1.82, 2.24) is 0 Å². The normalized spacial score (nSPS) is 10.3. The maximum Gasteiger partial charge on any atom is 0.488 e. The van der Waals surface area contributed by atoms with Crippen LogP contribution >= 0.6 is 0 Å². The summed E-state index contributed by atoms with van der Waals surface area (Å²) in [5, 5.41) is 18.2. The van der Waals surface area contributed by atoms with Gasteiger partial charge in [-0.05, 0) is 47.8 Å². The number of hydrogen-bond donors (Lipinski definition) is 2. The summed E-state index contributed by atoms with van der Waals surface area (Å²) < 4.78 is 18.5. The molecule has 2 aromatic rings. The van der Waals surface area contributed by atoms with Crippen LogP contribution in [0.2, 0.25) is 0 Å². The molecular formula is C14H14BFO3. The molecule has 5 heteroatoms. The molecule has 0 aliphatic carbocycles. The second kappa shape index (κ2) is 5.86. The molecule has 2 aromatic carbocycles. The van der Waals surface area contributed by atoms with E-state index in [0.717, 1.165) is 11.1 Å². The van der Waals surface area contributed by atoms with Crippen molar-refractivity contribution in [3.8, 4) is 5.75 Å². The first-order valence-electron chi connectivity index (χ1n) is 5.90. The van der Waals surface area contributed by atoms with Crippen LogP contribution in [0, 0.1) is 12.7 Å². The molecule has 2 N–H and O–H groups in total. The lowest BCUT2D eigenvalue weighted by Crippen LogP contribution is -2.31. The van der Waals surface area contributed by atoms with Crippen molar-refractivity contribution in [2.24, 2.45) is 0 Å². The standard InChI is InChI=1S/C14H14BFO3/c1-10-7-13(5-6-14(10)15(17)18)19-9-11-3-2-4-12(16)8-11/h2-8,17-18H,9H2,1H3. The number of rotatable bonds is 4. The second-order valence-corrected chi connectivity index (χ2v) is 4.31. The van der Waals surface area contributed by atoms with Gasteiger partial charge in [-0.15, -0.1) is 0 Å². The number of ether oxygens (including phenoxy) is 1. The molecule has 0 radical (unpaired) electrons. The zero-order valence-corrected chi connectivity index (χ0v) is 10.5. The quantitative estimate of drug-likeness (QED) is 0.817. The summed E-state index contributed by atoms with van der Waals surface area (Å²) in [6.45, 7) is 2.03. The van der Waals surface area contributed by atoms with Crippen LogP contribution in [0.3, 0.4) is 0 Å². The van der Waals surface area contributed by atoms with Crippen molar-refractivity contribution in [3.63, 3.8) is 0 Å². The van der Waals surface area contributed by atoms with E-state index < -0.39 is 7.12 Å². The first kappa shape index (κ1) is 13.6. The molecule has 0 atom stereocenters. The van der Waals surface area contributed by atoms with Gasteiger partial charge in [0.15, 0.2) is 0 Å². The topological polar surface area (TPSA) is 49.7 Å². The van der Waals surface area contributed by atoms with Crippen molar-refractivity contribution in [2.75, 3.05) is 0 Å². The van der Waals surface area contributed by atoms with E-state index in [1.807, 2.05) is 0 Å². The number of halogens is 1. The highest BCUT2D eigenvalue weighted by atomic mass is 19.1. The first-order chi connectivity index (χ1) is 9.06. The Labute approximate surface area is 111 Å². The molecule has 0 amide bonds. The van der Waals surface area contributed by atoms with Gasteiger partial charge in [0.05, 0.1) is 0 Å². The number of hydrogen-bond acceptors (Lipinski definition) is 3. The van der Waals surface area contributed by atoms with Crippen molar-refractivity contribution in [3.05, 3.63) is 59.4 Å². The Morgan fingerprint density at radius 2 is 1.95 bits per heavy atom. The van der Waals surface area contributed by atoms with E-state index in [1.165, 1.54) is 12.1 Å². The van der Waals surface area contributed by atoms with Gasteiger partial charge in [0.25, 0.3) is 0 Å². The minimum atomic E-state index is -1.49. The predicted molar refractivity (Wildman–Crippen MR) is 71.7 cm³/mol. The maximum absolute atomic E-state index is 13.0. The van der Waals surface area contributed by atoms with Crippen LogP contribution in [0.1, 0.15) is 11.1 Å². The highest BCUT2D eigenvalue weighted by Gasteiger charge is 2.13. The second-order valence-electron chi connectivity index (χ2n) is 4.31. The fourth-order valence-corrected chi connectivity index (χ4v) is 1.82. The number of benzene rings is 2. The molecule has 0 saturated carbocycles. The van der Waals surface area contributed by atoms with E-state index in [2.05, 4.69) is 0 Å². The summed E-state index contributed by atoms with van der Waals surface area (Å²) in [4.78, 5) is 0. The Balaban J connectivity index is 2.06. The van der Waals surface area contributed by atoms with Crippen LogP contribution in [0.25, 0.3) is 0 Å². The van der Waals surface area contributed by atoms with Crippen molar-refractivity contribution in [2.45, 2.75) is 13.5 Å². The molecule has 0 saturated heterocycles. The monoisotopic (exact) mass is 260 g/mol. The van der Waals surface area contributed by atoms with E-state index >= 15 is 0 Å². The van der Waals surface area contributed by atoms with Crippen LogP contribution in [0.4, 0.5) is 4.39 Å². The highest BCUT2D eigenvalue weighted by Crippen LogP contribution is 2.14. The zero-order valence-electron chi connectivity index (χ0n) is 10.5. The van der Waals surface area contributed by atoms with Gasteiger partial charge in [-0.25, -0.2) is 4.39 Å². The van der Waals surface area contributed by atoms with Crippen LogP contribution in [-0.2, 0) is 6.61 Å². The van der Waals surface area contributed by atoms with E-state index in [1.54, 1.807) is 37.3 Å². The zero-order chi connectivity index (χ0) is 13.8. The third-order valence-electron chi connectivity index (χ3n) is 2.81. The van der Waals surface area contributed by atoms with E-state index in [0.29, 0.717) is 11.2 Å². The molecule has 0 bridgehead atoms. The van der Waals surface area contributed by atoms with Crippen molar-refractivity contribution >= 4 is 12.6 Å². The summed E-state index contributed by atoms with van der Waals surface area (Å²) in [5.41, 5.74) is 1.91. The summed E-state index contributed by atoms with van der Waals surface area (Å²) in [6, 6.07) is 11.2. The lowest BCUT2D eigenvalue weighted by Gasteiger charge is -2.10. The smallest absolute Gasteiger partial charge is 0.488 e. The Morgan fingerprint density at radius 3 is 2.58 bits per heavy atom. The SMILES string of the molecule is Cc1cc(OCc2cccc(F)c2)ccc1B(O)O. The van der Waals surface area contributed by atoms with Gasteiger partial charge < -0.3 is 14.8 Å². The molecule has 19 heavy (non-hydrogen) atoms. The molecule has 98 valence electrons. The largest absolute Gasteiger partial charge is 0.489 e. The molecule has 0 unspecified atom stereocenters. The summed E-state index contributed by atoms with van der Waals surface area (Å²) in [7, 11) is -1.49. The van der Waals surface area contributed by atoms with Crippen molar-refractivity contribution < 1.29 is 19.2 Å². The van der Waals surface area contributed by atoms with Crippen LogP contribution in [0.15, 0.2) is 42.5 Å². The Kier molecular flexibility index (Phi) is 4.19. The number of aryl methyl sites for hydroxylation is 1. The minimum Gasteiger partial charge on any atom is -0.489 e.